The van der Waals surface area contributed by atoms with Gasteiger partial charge in [-0.15, -0.1) is 0 Å². The zero-order chi connectivity index (χ0) is 79.4. The largest absolute Gasteiger partial charge is 0.468 e. The Balaban J connectivity index is 0.000000306. The lowest BCUT2D eigenvalue weighted by Crippen LogP contribution is -2.59. The molecule has 0 spiro atoms. The summed E-state index contributed by atoms with van der Waals surface area (Å²) in [5.74, 6) is -5.41. The van der Waals surface area contributed by atoms with Gasteiger partial charge in [0.2, 0.25) is 35.4 Å². The van der Waals surface area contributed by atoms with E-state index < -0.39 is 112 Å². The number of rotatable bonds is 39. The third-order valence-corrected chi connectivity index (χ3v) is 20.0. The van der Waals surface area contributed by atoms with Crippen LogP contribution in [0.15, 0.2) is 131 Å². The smallest absolute Gasteiger partial charge is 0.408 e. The van der Waals surface area contributed by atoms with Crippen molar-refractivity contribution in [1.82, 2.24) is 36.4 Å². The molecule has 8 rings (SSSR count). The minimum absolute atomic E-state index is 0.0595. The van der Waals surface area contributed by atoms with Crippen LogP contribution in [0.4, 0.5) is 4.79 Å². The van der Waals surface area contributed by atoms with Crippen LogP contribution in [0.3, 0.4) is 0 Å². The molecule has 15 N–H and O–H groups in total. The van der Waals surface area contributed by atoms with E-state index in [1.54, 1.807) is 27.7 Å². The number of nitrogens with zero attached hydrogens (tertiary/aromatic N) is 4. The molecule has 0 bridgehead atoms. The molecule has 7 amide bonds. The van der Waals surface area contributed by atoms with Crippen molar-refractivity contribution in [2.24, 2.45) is 68.2 Å². The van der Waals surface area contributed by atoms with Gasteiger partial charge >= 0.3 is 18.0 Å². The number of Topliss-reactive ketones (excluding diaryl/α,β-unsaturated/α-hetero) is 2. The van der Waals surface area contributed by atoms with Crippen molar-refractivity contribution in [2.45, 2.75) is 197 Å². The molecule has 2 aliphatic heterocycles. The molecule has 2 saturated heterocycles. The lowest BCUT2D eigenvalue weighted by molar-refractivity contribution is -0.149. The quantitative estimate of drug-likeness (QED) is 0.00960. The molecule has 592 valence electrons. The average molecular weight is 1510 g/mol. The van der Waals surface area contributed by atoms with E-state index in [0.717, 1.165) is 47.9 Å². The van der Waals surface area contributed by atoms with E-state index in [1.807, 2.05) is 128 Å². The number of ketones is 2. The molecular formula is C81H114N14O14. The summed E-state index contributed by atoms with van der Waals surface area (Å²) in [7, 11) is 2.45. The van der Waals surface area contributed by atoms with Crippen LogP contribution < -0.4 is 55.3 Å². The number of guanidine groups is 1. The molecule has 109 heavy (non-hydrogen) atoms. The number of nitrogens with one attached hydrogen (secondary N) is 5. The first-order valence-corrected chi connectivity index (χ1v) is 37.9. The minimum atomic E-state index is -1.56. The maximum absolute atomic E-state index is 14.3. The summed E-state index contributed by atoms with van der Waals surface area (Å²) in [6.45, 7) is 9.20. The molecule has 2 heterocycles. The van der Waals surface area contributed by atoms with E-state index in [1.165, 1.54) is 24.0 Å². The van der Waals surface area contributed by atoms with Crippen LogP contribution in [0.5, 0.6) is 0 Å². The van der Waals surface area contributed by atoms with Crippen LogP contribution >= 0.6 is 0 Å². The number of hydrogen-bond acceptors (Lipinski definition) is 18. The summed E-state index contributed by atoms with van der Waals surface area (Å²) in [6, 6.07) is 33.2. The predicted molar refractivity (Wildman–Crippen MR) is 413 cm³/mol. The number of alkyl carbamates (subject to hydrolysis) is 1. The lowest BCUT2D eigenvalue weighted by atomic mass is 9.89. The zero-order valence-corrected chi connectivity index (χ0v) is 64.2. The number of benzene rings is 4. The van der Waals surface area contributed by atoms with Crippen LogP contribution in [-0.2, 0) is 87.8 Å². The first kappa shape index (κ1) is 86.2. The summed E-state index contributed by atoms with van der Waals surface area (Å²) < 4.78 is 15.3. The zero-order valence-electron chi connectivity index (χ0n) is 64.2. The number of esters is 2. The molecule has 0 radical (unpaired) electrons. The van der Waals surface area contributed by atoms with Gasteiger partial charge in [0.15, 0.2) is 23.1 Å². The number of amidine groups is 1. The number of hydrogen-bond donors (Lipinski definition) is 10. The van der Waals surface area contributed by atoms with Gasteiger partial charge in [-0.25, -0.2) is 14.4 Å². The average Bonchev–Trinajstić information content (AvgIpc) is 1.66. The summed E-state index contributed by atoms with van der Waals surface area (Å²) in [5.41, 5.74) is 29.1. The Hall–Kier alpha value is -10.1. The van der Waals surface area contributed by atoms with Crippen molar-refractivity contribution in [3.8, 4) is 0 Å². The Labute approximate surface area is 639 Å². The number of nitrogens with two attached hydrogens (primary N) is 5. The number of carbonyl (C=O) groups excluding carboxylic acids is 11. The molecule has 4 fully saturated rings. The second-order valence-corrected chi connectivity index (χ2v) is 30.6. The van der Waals surface area contributed by atoms with Gasteiger partial charge in [-0.05, 0) is 132 Å². The van der Waals surface area contributed by atoms with Crippen molar-refractivity contribution in [2.75, 3.05) is 53.5 Å². The van der Waals surface area contributed by atoms with Crippen molar-refractivity contribution in [3.63, 3.8) is 0 Å². The van der Waals surface area contributed by atoms with Gasteiger partial charge in [0, 0.05) is 69.7 Å². The van der Waals surface area contributed by atoms with Crippen molar-refractivity contribution >= 4 is 76.8 Å². The number of methoxy groups -OCH3 is 2. The molecule has 10 atom stereocenters. The van der Waals surface area contributed by atoms with Gasteiger partial charge in [0.25, 0.3) is 0 Å². The van der Waals surface area contributed by atoms with Crippen LogP contribution in [0, 0.1) is 29.6 Å². The van der Waals surface area contributed by atoms with E-state index in [2.05, 4.69) is 36.6 Å². The number of likely N-dealkylation sites (tertiary alicyclic amines) is 2. The Kier molecular flexibility index (Phi) is 32.8. The Morgan fingerprint density at radius 1 is 0.532 bits per heavy atom. The standard InChI is InChI=1S/C44H62N6O8.C37H52N8O6/c1-29(24-31-14-9-7-10-15-31)38(52)48-36(26-32-16-11-8-12-17-32)37(51)27-34(25-33-19-20-33)39(53)47-35(18-13-22-46-30(2)45)40(54)50-23-21-44(28-50,41(55)57-6)49-42(56)58-43(3,4)5;1-51-35(50)37(41)16-18-45(23-37)34(49)29(13-8-17-42-36(39)40)43-32(47)27(19-26-14-15-26)22-31(46)30(21-25-11-6-3-7-12-25)44-33(48)28(38)20-24-9-4-2-5-10-24/h7-12,14-17,29,33-36H,13,18-28H2,1-6H3,(H2,45,46)(H,47,53)(H,48,52)(H,49,56);2-7,9-12,26-30H,8,13-23,38,41H2,1H3,(H,43,47)(H,44,48)(H4,39,40,42)/t29-,34+,35-,36-,44?;27-,28+,29+,30+,37?/m10/s1. The number of ether oxygens (including phenoxy) is 3. The fourth-order valence-electron chi connectivity index (χ4n) is 13.6. The molecule has 0 aromatic heterocycles. The first-order chi connectivity index (χ1) is 51.9. The highest BCUT2D eigenvalue weighted by molar-refractivity contribution is 5.97. The lowest BCUT2D eigenvalue weighted by Gasteiger charge is -2.30. The van der Waals surface area contributed by atoms with E-state index >= 15 is 0 Å². The van der Waals surface area contributed by atoms with Crippen LogP contribution in [0.25, 0.3) is 0 Å². The fourth-order valence-corrected chi connectivity index (χ4v) is 13.6. The van der Waals surface area contributed by atoms with Gasteiger partial charge in [-0.3, -0.25) is 48.3 Å². The van der Waals surface area contributed by atoms with Crippen molar-refractivity contribution in [1.29, 1.82) is 0 Å². The SMILES string of the molecule is COC(=O)C1(N)CCN(C(=O)[C@@H](CCCN=C(N)N)NC(=O)[C@H](CC(=O)[C@@H](Cc2ccccc2)NC(=O)[C@H](N)Cc2ccccc2)CC2CC2)C1.COC(=O)C1(NC(=O)OC(C)(C)C)CCN(C(=O)[C@@H](CCCN=C(C)N)NC(=O)[C@H](CC(=O)[C@@H](Cc2ccccc2)NC(=O)[C@H](C)Cc2ccccc2)CC2CC2)C1. The van der Waals surface area contributed by atoms with E-state index in [-0.39, 0.29) is 119 Å². The van der Waals surface area contributed by atoms with Gasteiger partial charge in [0.05, 0.1) is 44.7 Å². The number of carbonyl (C=O) groups is 11. The summed E-state index contributed by atoms with van der Waals surface area (Å²) >= 11 is 0. The first-order valence-electron chi connectivity index (χ1n) is 37.9. The highest BCUT2D eigenvalue weighted by atomic mass is 16.6. The highest BCUT2D eigenvalue weighted by Crippen LogP contribution is 2.38. The maximum Gasteiger partial charge on any atom is 0.408 e. The predicted octanol–water partition coefficient (Wildman–Crippen LogP) is 4.58. The van der Waals surface area contributed by atoms with Crippen LogP contribution in [0.2, 0.25) is 0 Å². The topological polar surface area (TPSA) is 437 Å². The third-order valence-electron chi connectivity index (χ3n) is 20.0. The van der Waals surface area contributed by atoms with Gasteiger partial charge in [-0.1, -0.05) is 154 Å². The summed E-state index contributed by atoms with van der Waals surface area (Å²) in [4.78, 5) is 161. The fraction of sp³-hybridized carbons (Fsp3) is 0.543. The summed E-state index contributed by atoms with van der Waals surface area (Å²) in [5, 5.41) is 14.4. The second kappa shape index (κ2) is 41.5. The van der Waals surface area contributed by atoms with Crippen LogP contribution in [0.1, 0.15) is 147 Å². The molecule has 2 aliphatic carbocycles. The van der Waals surface area contributed by atoms with Gasteiger partial charge in [0.1, 0.15) is 23.2 Å². The van der Waals surface area contributed by atoms with E-state index in [9.17, 15) is 52.7 Å². The van der Waals surface area contributed by atoms with E-state index in [0.29, 0.717) is 50.9 Å². The van der Waals surface area contributed by atoms with Gasteiger partial charge < -0.3 is 79.3 Å². The molecule has 4 aromatic carbocycles. The Morgan fingerprint density at radius 3 is 1.36 bits per heavy atom. The molecule has 28 nitrogen and oxygen atoms in total. The molecule has 4 aliphatic rings. The van der Waals surface area contributed by atoms with E-state index in [4.69, 9.17) is 42.9 Å². The highest BCUT2D eigenvalue weighted by Gasteiger charge is 2.51. The maximum atomic E-state index is 14.3. The van der Waals surface area contributed by atoms with Crippen LogP contribution in [-0.4, -0.2) is 187 Å². The molecular weight excluding hydrogens is 1390 g/mol. The molecule has 2 saturated carbocycles. The van der Waals surface area contributed by atoms with Crippen molar-refractivity contribution in [3.05, 3.63) is 144 Å². The third kappa shape index (κ3) is 28.5. The second-order valence-electron chi connectivity index (χ2n) is 30.6. The molecule has 2 unspecified atom stereocenters. The minimum Gasteiger partial charge on any atom is -0.468 e. The van der Waals surface area contributed by atoms with Gasteiger partial charge in [-0.2, -0.15) is 0 Å². The monoisotopic (exact) mass is 1510 g/mol. The Bertz CT molecular complexity index is 3770. The summed E-state index contributed by atoms with van der Waals surface area (Å²) in [6.07, 6.45) is 6.37. The normalized spacial score (nSPS) is 19.1. The number of amides is 7. The molecule has 28 heteroatoms. The molecule has 4 aromatic rings. The number of aliphatic imine (C=N–C) groups is 2. The Morgan fingerprint density at radius 2 is 0.936 bits per heavy atom. The van der Waals surface area contributed by atoms with Crippen molar-refractivity contribution < 1.29 is 67.0 Å².